The molecule has 2 heterocycles. The number of nitrogen functional groups attached to an aromatic ring is 1. The lowest BCUT2D eigenvalue weighted by molar-refractivity contribution is -0.0345. The van der Waals surface area contributed by atoms with Crippen molar-refractivity contribution in [1.82, 2.24) is 9.88 Å². The Morgan fingerprint density at radius 3 is 2.96 bits per heavy atom. The van der Waals surface area contributed by atoms with Gasteiger partial charge in [0.2, 0.25) is 0 Å². The number of anilines is 1. The molecule has 128 valence electrons. The van der Waals surface area contributed by atoms with Crippen molar-refractivity contribution in [2.24, 2.45) is 0 Å². The smallest absolute Gasteiger partial charge is 0.123 e. The third kappa shape index (κ3) is 5.22. The molecule has 1 aliphatic heterocycles. The summed E-state index contributed by atoms with van der Waals surface area (Å²) in [7, 11) is 0. The maximum Gasteiger partial charge on any atom is 0.123 e. The van der Waals surface area contributed by atoms with Gasteiger partial charge >= 0.3 is 0 Å². The Labute approximate surface area is 143 Å². The molecule has 1 aromatic heterocycles. The van der Waals surface area contributed by atoms with Crippen molar-refractivity contribution in [3.05, 3.63) is 54.2 Å². The van der Waals surface area contributed by atoms with Crippen LogP contribution in [-0.2, 0) is 11.2 Å². The fourth-order valence-electron chi connectivity index (χ4n) is 2.95. The fourth-order valence-corrected chi connectivity index (χ4v) is 2.95. The zero-order valence-electron chi connectivity index (χ0n) is 13.9. The summed E-state index contributed by atoms with van der Waals surface area (Å²) in [5.41, 5.74) is 6.95. The van der Waals surface area contributed by atoms with Gasteiger partial charge in [-0.15, -0.1) is 0 Å². The molecule has 1 atom stereocenters. The highest BCUT2D eigenvalue weighted by molar-refractivity contribution is 5.31. The Bertz CT molecular complexity index is 621. The summed E-state index contributed by atoms with van der Waals surface area (Å²) in [5, 5.41) is 0. The number of para-hydroxylation sites is 1. The van der Waals surface area contributed by atoms with Gasteiger partial charge in [0.25, 0.3) is 0 Å². The van der Waals surface area contributed by atoms with E-state index in [9.17, 15) is 0 Å². The molecule has 5 heteroatoms. The number of nitrogens with two attached hydrogens (primary N) is 1. The third-order valence-electron chi connectivity index (χ3n) is 4.24. The summed E-state index contributed by atoms with van der Waals surface area (Å²) in [4.78, 5) is 6.44. The lowest BCUT2D eigenvalue weighted by Gasteiger charge is -2.32. The number of nitrogens with zero attached hydrogens (tertiary/aromatic N) is 2. The second-order valence-corrected chi connectivity index (χ2v) is 6.08. The van der Waals surface area contributed by atoms with Gasteiger partial charge in [-0.3, -0.25) is 4.90 Å². The van der Waals surface area contributed by atoms with Crippen LogP contribution in [0.5, 0.6) is 5.75 Å². The number of benzene rings is 1. The maximum absolute atomic E-state index is 5.90. The molecule has 1 aliphatic rings. The standard InChI is InChI=1S/C19H25N3O2/c20-19-14-16(8-9-21-19)6-7-18-15-22(11-13-24-18)10-12-23-17-4-2-1-3-5-17/h1-5,8-9,14,18H,6-7,10-13,15H2,(H2,20,21)/t18-/m0/s1. The van der Waals surface area contributed by atoms with Gasteiger partial charge in [-0.2, -0.15) is 0 Å². The van der Waals surface area contributed by atoms with E-state index in [2.05, 4.69) is 9.88 Å². The van der Waals surface area contributed by atoms with Crippen molar-refractivity contribution in [3.8, 4) is 5.75 Å². The highest BCUT2D eigenvalue weighted by atomic mass is 16.5. The molecule has 5 nitrogen and oxygen atoms in total. The number of rotatable bonds is 7. The van der Waals surface area contributed by atoms with Crippen LogP contribution in [0.3, 0.4) is 0 Å². The highest BCUT2D eigenvalue weighted by Crippen LogP contribution is 2.14. The van der Waals surface area contributed by atoms with Crippen molar-refractivity contribution >= 4 is 5.82 Å². The predicted octanol–water partition coefficient (Wildman–Crippen LogP) is 2.38. The molecule has 0 bridgehead atoms. The Balaban J connectivity index is 1.39. The van der Waals surface area contributed by atoms with E-state index < -0.39 is 0 Å². The minimum atomic E-state index is 0.268. The van der Waals surface area contributed by atoms with Crippen LogP contribution in [0.15, 0.2) is 48.7 Å². The van der Waals surface area contributed by atoms with E-state index in [4.69, 9.17) is 15.2 Å². The normalized spacial score (nSPS) is 18.4. The summed E-state index contributed by atoms with van der Waals surface area (Å²) in [6, 6.07) is 13.9. The van der Waals surface area contributed by atoms with E-state index in [1.54, 1.807) is 6.20 Å². The molecule has 2 aromatic rings. The first-order valence-electron chi connectivity index (χ1n) is 8.52. The van der Waals surface area contributed by atoms with Gasteiger partial charge in [-0.25, -0.2) is 4.98 Å². The molecule has 0 amide bonds. The van der Waals surface area contributed by atoms with Crippen molar-refractivity contribution < 1.29 is 9.47 Å². The van der Waals surface area contributed by atoms with Crippen molar-refractivity contribution in [2.75, 3.05) is 38.6 Å². The minimum absolute atomic E-state index is 0.268. The van der Waals surface area contributed by atoms with Crippen LogP contribution < -0.4 is 10.5 Å². The second kappa shape index (κ2) is 8.66. The quantitative estimate of drug-likeness (QED) is 0.846. The number of aromatic nitrogens is 1. The summed E-state index contributed by atoms with van der Waals surface area (Å²) in [6.07, 6.45) is 4.00. The molecule has 0 radical (unpaired) electrons. The van der Waals surface area contributed by atoms with Gasteiger partial charge in [-0.05, 0) is 42.7 Å². The first-order chi connectivity index (χ1) is 11.8. The van der Waals surface area contributed by atoms with Crippen molar-refractivity contribution in [3.63, 3.8) is 0 Å². The minimum Gasteiger partial charge on any atom is -0.492 e. The molecule has 0 saturated carbocycles. The Hall–Kier alpha value is -2.11. The Morgan fingerprint density at radius 1 is 1.25 bits per heavy atom. The molecule has 0 aliphatic carbocycles. The average molecular weight is 327 g/mol. The monoisotopic (exact) mass is 327 g/mol. The van der Waals surface area contributed by atoms with Gasteiger partial charge in [0.05, 0.1) is 12.7 Å². The molecule has 1 aromatic carbocycles. The van der Waals surface area contributed by atoms with Gasteiger partial charge in [0, 0.05) is 25.8 Å². The van der Waals surface area contributed by atoms with Crippen LogP contribution >= 0.6 is 0 Å². The number of hydrogen-bond acceptors (Lipinski definition) is 5. The van der Waals surface area contributed by atoms with Crippen LogP contribution in [0.25, 0.3) is 0 Å². The van der Waals surface area contributed by atoms with Gasteiger partial charge in [0.15, 0.2) is 0 Å². The number of hydrogen-bond donors (Lipinski definition) is 1. The van der Waals surface area contributed by atoms with Crippen LogP contribution in [0, 0.1) is 0 Å². The van der Waals surface area contributed by atoms with E-state index in [0.717, 1.165) is 44.8 Å². The molecule has 1 saturated heterocycles. The van der Waals surface area contributed by atoms with E-state index in [1.807, 2.05) is 42.5 Å². The number of morpholine rings is 1. The molecular weight excluding hydrogens is 302 g/mol. The highest BCUT2D eigenvalue weighted by Gasteiger charge is 2.20. The third-order valence-corrected chi connectivity index (χ3v) is 4.24. The van der Waals surface area contributed by atoms with Crippen LogP contribution in [-0.4, -0.2) is 48.8 Å². The van der Waals surface area contributed by atoms with E-state index in [1.165, 1.54) is 5.56 Å². The summed E-state index contributed by atoms with van der Waals surface area (Å²) in [6.45, 7) is 4.35. The number of ether oxygens (including phenoxy) is 2. The molecule has 1 fully saturated rings. The molecule has 0 spiro atoms. The van der Waals surface area contributed by atoms with Gasteiger partial charge in [-0.1, -0.05) is 18.2 Å². The molecule has 3 rings (SSSR count). The van der Waals surface area contributed by atoms with E-state index in [0.29, 0.717) is 12.4 Å². The zero-order valence-corrected chi connectivity index (χ0v) is 13.9. The lowest BCUT2D eigenvalue weighted by atomic mass is 10.1. The largest absolute Gasteiger partial charge is 0.492 e. The molecule has 24 heavy (non-hydrogen) atoms. The Morgan fingerprint density at radius 2 is 2.12 bits per heavy atom. The van der Waals surface area contributed by atoms with Crippen molar-refractivity contribution in [1.29, 1.82) is 0 Å². The average Bonchev–Trinajstić information content (AvgIpc) is 2.61. The van der Waals surface area contributed by atoms with Crippen LogP contribution in [0.2, 0.25) is 0 Å². The summed E-state index contributed by atoms with van der Waals surface area (Å²) < 4.78 is 11.7. The zero-order chi connectivity index (χ0) is 16.6. The first-order valence-corrected chi connectivity index (χ1v) is 8.52. The number of pyridine rings is 1. The lowest BCUT2D eigenvalue weighted by Crippen LogP contribution is -2.44. The SMILES string of the molecule is Nc1cc(CC[C@H]2CN(CCOc3ccccc3)CCO2)ccn1. The van der Waals surface area contributed by atoms with Crippen LogP contribution in [0.4, 0.5) is 5.82 Å². The first kappa shape index (κ1) is 16.7. The molecule has 0 unspecified atom stereocenters. The summed E-state index contributed by atoms with van der Waals surface area (Å²) in [5.74, 6) is 1.51. The Kier molecular flexibility index (Phi) is 6.04. The molecular formula is C19H25N3O2. The van der Waals surface area contributed by atoms with Crippen LogP contribution in [0.1, 0.15) is 12.0 Å². The second-order valence-electron chi connectivity index (χ2n) is 6.08. The summed E-state index contributed by atoms with van der Waals surface area (Å²) >= 11 is 0. The van der Waals surface area contributed by atoms with E-state index >= 15 is 0 Å². The topological polar surface area (TPSA) is 60.6 Å². The predicted molar refractivity (Wildman–Crippen MR) is 95.1 cm³/mol. The number of aryl methyl sites for hydroxylation is 1. The van der Waals surface area contributed by atoms with Gasteiger partial charge in [0.1, 0.15) is 18.2 Å². The van der Waals surface area contributed by atoms with Gasteiger partial charge < -0.3 is 15.2 Å². The van der Waals surface area contributed by atoms with E-state index in [-0.39, 0.29) is 6.10 Å². The fraction of sp³-hybridized carbons (Fsp3) is 0.421. The van der Waals surface area contributed by atoms with Crippen molar-refractivity contribution in [2.45, 2.75) is 18.9 Å². The molecule has 2 N–H and O–H groups in total. The maximum atomic E-state index is 5.90.